The molecular weight excluding hydrogens is 494 g/mol. The Morgan fingerprint density at radius 1 is 1.03 bits per heavy atom. The molecule has 9 heteroatoms. The van der Waals surface area contributed by atoms with Gasteiger partial charge in [0.15, 0.2) is 5.82 Å². The molecule has 0 saturated carbocycles. The standard InChI is InChI=1S/C30H33N5O4/c1-4-25-29(33-22-10-12-39-13-11-22)35-27-24(20-7-5-6-19(14-20)18-36)17-32-30(28(27)34-25)31-16-21-8-9-23(37-2)15-26(21)38-3/h5-9,14-15,17-18,22H,4,10-13,16H2,1-3H3,(H,31,32)(H,33,35). The van der Waals surface area contributed by atoms with Crippen LogP contribution in [-0.2, 0) is 17.7 Å². The van der Waals surface area contributed by atoms with Gasteiger partial charge in [0.05, 0.1) is 19.9 Å². The van der Waals surface area contributed by atoms with E-state index < -0.39 is 0 Å². The fraction of sp³-hybridized carbons (Fsp3) is 0.333. The van der Waals surface area contributed by atoms with E-state index in [9.17, 15) is 4.79 Å². The molecule has 3 heterocycles. The number of anilines is 2. The van der Waals surface area contributed by atoms with Gasteiger partial charge in [-0.3, -0.25) is 4.79 Å². The molecule has 0 atom stereocenters. The van der Waals surface area contributed by atoms with Crippen LogP contribution in [0, 0.1) is 0 Å². The Kier molecular flexibility index (Phi) is 8.17. The molecule has 4 aromatic rings. The minimum Gasteiger partial charge on any atom is -0.497 e. The van der Waals surface area contributed by atoms with Crippen molar-refractivity contribution >= 4 is 29.0 Å². The summed E-state index contributed by atoms with van der Waals surface area (Å²) in [5, 5.41) is 7.06. The molecule has 9 nitrogen and oxygen atoms in total. The van der Waals surface area contributed by atoms with E-state index >= 15 is 0 Å². The van der Waals surface area contributed by atoms with Gasteiger partial charge in [0.1, 0.15) is 34.6 Å². The van der Waals surface area contributed by atoms with E-state index in [2.05, 4.69) is 17.6 Å². The Morgan fingerprint density at radius 3 is 2.62 bits per heavy atom. The highest BCUT2D eigenvalue weighted by Crippen LogP contribution is 2.33. The SMILES string of the molecule is CCc1nc2c(NCc3ccc(OC)cc3OC)ncc(-c3cccc(C=O)c3)c2nc1NC1CCOCC1. The minimum absolute atomic E-state index is 0.277. The number of fused-ring (bicyclic) bond motifs is 1. The maximum Gasteiger partial charge on any atom is 0.154 e. The number of aryl methyl sites for hydroxylation is 1. The highest BCUT2D eigenvalue weighted by atomic mass is 16.5. The summed E-state index contributed by atoms with van der Waals surface area (Å²) in [6.45, 7) is 4.01. The number of nitrogens with zero attached hydrogens (tertiary/aromatic N) is 3. The second kappa shape index (κ2) is 12.1. The molecule has 0 unspecified atom stereocenters. The average molecular weight is 528 g/mol. The molecule has 5 rings (SSSR count). The predicted octanol–water partition coefficient (Wildman–Crippen LogP) is 5.29. The third-order valence-corrected chi connectivity index (χ3v) is 6.94. The van der Waals surface area contributed by atoms with E-state index in [0.29, 0.717) is 35.4 Å². The highest BCUT2D eigenvalue weighted by Gasteiger charge is 2.20. The van der Waals surface area contributed by atoms with Gasteiger partial charge in [-0.05, 0) is 43.0 Å². The van der Waals surface area contributed by atoms with E-state index in [1.54, 1.807) is 26.5 Å². The lowest BCUT2D eigenvalue weighted by Gasteiger charge is -2.25. The molecule has 2 aromatic heterocycles. The average Bonchev–Trinajstić information content (AvgIpc) is 2.99. The van der Waals surface area contributed by atoms with Gasteiger partial charge in [0.2, 0.25) is 0 Å². The molecule has 202 valence electrons. The van der Waals surface area contributed by atoms with E-state index in [1.807, 2.05) is 36.4 Å². The maximum absolute atomic E-state index is 11.5. The summed E-state index contributed by atoms with van der Waals surface area (Å²) in [7, 11) is 3.27. The number of aldehydes is 1. The second-order valence-electron chi connectivity index (χ2n) is 9.40. The molecule has 39 heavy (non-hydrogen) atoms. The van der Waals surface area contributed by atoms with Gasteiger partial charge in [-0.15, -0.1) is 0 Å². The molecule has 1 aliphatic rings. The quantitative estimate of drug-likeness (QED) is 0.266. The summed E-state index contributed by atoms with van der Waals surface area (Å²) in [5.41, 5.74) is 5.47. The van der Waals surface area contributed by atoms with Crippen LogP contribution in [0.25, 0.3) is 22.2 Å². The molecule has 1 saturated heterocycles. The fourth-order valence-electron chi connectivity index (χ4n) is 4.77. The Balaban J connectivity index is 1.58. The minimum atomic E-state index is 0.277. The molecule has 0 aliphatic carbocycles. The number of benzene rings is 2. The number of hydrogen-bond acceptors (Lipinski definition) is 9. The normalized spacial score (nSPS) is 13.7. The predicted molar refractivity (Wildman–Crippen MR) is 152 cm³/mol. The first-order chi connectivity index (χ1) is 19.1. The lowest BCUT2D eigenvalue weighted by atomic mass is 10.0. The van der Waals surface area contributed by atoms with Crippen LogP contribution in [0.3, 0.4) is 0 Å². The van der Waals surface area contributed by atoms with Gasteiger partial charge in [-0.25, -0.2) is 15.0 Å². The van der Waals surface area contributed by atoms with Crippen LogP contribution in [0.15, 0.2) is 48.7 Å². The van der Waals surface area contributed by atoms with E-state index in [-0.39, 0.29) is 6.04 Å². The van der Waals surface area contributed by atoms with Crippen molar-refractivity contribution in [2.45, 2.75) is 38.8 Å². The van der Waals surface area contributed by atoms with E-state index in [1.165, 1.54) is 0 Å². The summed E-state index contributed by atoms with van der Waals surface area (Å²) in [5.74, 6) is 2.84. The number of carbonyl (C=O) groups excluding carboxylic acids is 1. The summed E-state index contributed by atoms with van der Waals surface area (Å²) in [4.78, 5) is 26.4. The van der Waals surface area contributed by atoms with Crippen LogP contribution < -0.4 is 20.1 Å². The Hall–Kier alpha value is -4.24. The number of pyridine rings is 1. The zero-order valence-electron chi connectivity index (χ0n) is 22.5. The van der Waals surface area contributed by atoms with Gasteiger partial charge in [0, 0.05) is 54.8 Å². The van der Waals surface area contributed by atoms with Crippen LogP contribution in [0.4, 0.5) is 11.6 Å². The molecular formula is C30H33N5O4. The molecule has 0 bridgehead atoms. The van der Waals surface area contributed by atoms with Crippen molar-refractivity contribution in [2.24, 2.45) is 0 Å². The maximum atomic E-state index is 11.5. The molecule has 2 aromatic carbocycles. The number of ether oxygens (including phenoxy) is 3. The van der Waals surface area contributed by atoms with Crippen molar-refractivity contribution in [1.82, 2.24) is 15.0 Å². The van der Waals surface area contributed by atoms with E-state index in [4.69, 9.17) is 29.2 Å². The summed E-state index contributed by atoms with van der Waals surface area (Å²) in [6.07, 6.45) is 5.19. The molecule has 1 aliphatic heterocycles. The first-order valence-electron chi connectivity index (χ1n) is 13.2. The fourth-order valence-corrected chi connectivity index (χ4v) is 4.77. The Bertz CT molecular complexity index is 1470. The monoisotopic (exact) mass is 527 g/mol. The molecule has 0 radical (unpaired) electrons. The van der Waals surface area contributed by atoms with Gasteiger partial charge in [-0.2, -0.15) is 0 Å². The van der Waals surface area contributed by atoms with Crippen molar-refractivity contribution in [1.29, 1.82) is 0 Å². The summed E-state index contributed by atoms with van der Waals surface area (Å²) >= 11 is 0. The van der Waals surface area contributed by atoms with Crippen LogP contribution in [0.5, 0.6) is 11.5 Å². The number of aromatic nitrogens is 3. The lowest BCUT2D eigenvalue weighted by molar-refractivity contribution is 0.0903. The van der Waals surface area contributed by atoms with Gasteiger partial charge >= 0.3 is 0 Å². The molecule has 1 fully saturated rings. The van der Waals surface area contributed by atoms with Gasteiger partial charge in [-0.1, -0.05) is 25.1 Å². The van der Waals surface area contributed by atoms with Crippen molar-refractivity contribution < 1.29 is 19.0 Å². The summed E-state index contributed by atoms with van der Waals surface area (Å²) in [6, 6.07) is 13.4. The Morgan fingerprint density at radius 2 is 1.87 bits per heavy atom. The largest absolute Gasteiger partial charge is 0.497 e. The third kappa shape index (κ3) is 5.78. The van der Waals surface area contributed by atoms with E-state index in [0.717, 1.165) is 72.0 Å². The van der Waals surface area contributed by atoms with Gasteiger partial charge < -0.3 is 24.8 Å². The van der Waals surface area contributed by atoms with Crippen LogP contribution >= 0.6 is 0 Å². The first kappa shape index (κ1) is 26.4. The molecule has 2 N–H and O–H groups in total. The zero-order valence-corrected chi connectivity index (χ0v) is 22.5. The lowest BCUT2D eigenvalue weighted by Crippen LogP contribution is -2.29. The number of carbonyl (C=O) groups is 1. The van der Waals surface area contributed by atoms with Crippen LogP contribution in [0.1, 0.15) is 41.4 Å². The smallest absolute Gasteiger partial charge is 0.154 e. The number of methoxy groups -OCH3 is 2. The number of hydrogen-bond donors (Lipinski definition) is 2. The Labute approximate surface area is 227 Å². The third-order valence-electron chi connectivity index (χ3n) is 6.94. The summed E-state index contributed by atoms with van der Waals surface area (Å²) < 4.78 is 16.4. The highest BCUT2D eigenvalue weighted by molar-refractivity contribution is 5.98. The van der Waals surface area contributed by atoms with Crippen molar-refractivity contribution in [2.75, 3.05) is 38.1 Å². The van der Waals surface area contributed by atoms with Crippen molar-refractivity contribution in [3.8, 4) is 22.6 Å². The van der Waals surface area contributed by atoms with Crippen molar-refractivity contribution in [3.05, 3.63) is 65.5 Å². The second-order valence-corrected chi connectivity index (χ2v) is 9.40. The van der Waals surface area contributed by atoms with Crippen LogP contribution in [-0.4, -0.2) is 54.7 Å². The zero-order chi connectivity index (χ0) is 27.2. The van der Waals surface area contributed by atoms with Gasteiger partial charge in [0.25, 0.3) is 0 Å². The van der Waals surface area contributed by atoms with Crippen molar-refractivity contribution in [3.63, 3.8) is 0 Å². The number of rotatable bonds is 10. The number of nitrogens with one attached hydrogen (secondary N) is 2. The first-order valence-corrected chi connectivity index (χ1v) is 13.2. The topological polar surface area (TPSA) is 107 Å². The van der Waals surface area contributed by atoms with Crippen LogP contribution in [0.2, 0.25) is 0 Å². The molecule has 0 amide bonds. The molecule has 0 spiro atoms.